The largest absolute Gasteiger partial charge is 0.464 e. The fraction of sp³-hybridized carbons (Fsp3) is 0.250. The molecule has 0 bridgehead atoms. The van der Waals surface area contributed by atoms with E-state index >= 15 is 0 Å². The third-order valence-electron chi connectivity index (χ3n) is 4.44. The van der Waals surface area contributed by atoms with Gasteiger partial charge in [0.15, 0.2) is 0 Å². The van der Waals surface area contributed by atoms with Gasteiger partial charge in [-0.25, -0.2) is 4.39 Å². The summed E-state index contributed by atoms with van der Waals surface area (Å²) in [5, 5.41) is 3.92. The van der Waals surface area contributed by atoms with Crippen molar-refractivity contribution in [3.8, 4) is 0 Å². The van der Waals surface area contributed by atoms with E-state index in [0.29, 0.717) is 0 Å². The van der Waals surface area contributed by atoms with Crippen LogP contribution < -0.4 is 5.32 Å². The average molecular weight is 325 g/mol. The molecule has 0 saturated heterocycles. The standard InChI is InChI=1S/C20H20FNO2/c1-12-4-9-18-16(11-24-20(18)13(12)2)10-19(23)22-14(3)15-5-7-17(21)8-6-15/h4-9,11,14H,10H2,1-3H3,(H,22,23)/t14-/m1/s1. The number of hydrogen-bond donors (Lipinski definition) is 1. The van der Waals surface area contributed by atoms with E-state index < -0.39 is 0 Å². The number of carbonyl (C=O) groups is 1. The number of rotatable bonds is 4. The van der Waals surface area contributed by atoms with Crippen molar-refractivity contribution in [2.75, 3.05) is 0 Å². The van der Waals surface area contributed by atoms with Crippen LogP contribution in [0.4, 0.5) is 4.39 Å². The molecule has 1 aromatic heterocycles. The number of halogens is 1. The van der Waals surface area contributed by atoms with Crippen LogP contribution in [-0.4, -0.2) is 5.91 Å². The zero-order chi connectivity index (χ0) is 17.3. The Bertz CT molecular complexity index is 881. The van der Waals surface area contributed by atoms with E-state index in [-0.39, 0.29) is 24.2 Å². The van der Waals surface area contributed by atoms with E-state index in [1.807, 2.05) is 32.9 Å². The van der Waals surface area contributed by atoms with Crippen molar-refractivity contribution in [3.63, 3.8) is 0 Å². The van der Waals surface area contributed by atoms with Gasteiger partial charge in [-0.15, -0.1) is 0 Å². The van der Waals surface area contributed by atoms with Crippen LogP contribution in [0.3, 0.4) is 0 Å². The zero-order valence-corrected chi connectivity index (χ0v) is 14.0. The summed E-state index contributed by atoms with van der Waals surface area (Å²) in [5.41, 5.74) is 4.84. The van der Waals surface area contributed by atoms with Gasteiger partial charge in [-0.05, 0) is 49.6 Å². The monoisotopic (exact) mass is 325 g/mol. The second-order valence-electron chi connectivity index (χ2n) is 6.16. The molecule has 3 aromatic rings. The van der Waals surface area contributed by atoms with Crippen LogP contribution in [0.15, 0.2) is 47.1 Å². The molecule has 1 heterocycles. The Morgan fingerprint density at radius 1 is 1.17 bits per heavy atom. The molecule has 0 radical (unpaired) electrons. The Morgan fingerprint density at radius 2 is 1.88 bits per heavy atom. The highest BCUT2D eigenvalue weighted by Crippen LogP contribution is 2.27. The quantitative estimate of drug-likeness (QED) is 0.761. The maximum absolute atomic E-state index is 13.0. The second kappa shape index (κ2) is 6.48. The molecule has 1 N–H and O–H groups in total. The molecule has 3 nitrogen and oxygen atoms in total. The molecular formula is C20H20FNO2. The minimum absolute atomic E-state index is 0.0900. The highest BCUT2D eigenvalue weighted by atomic mass is 19.1. The molecule has 0 unspecified atom stereocenters. The van der Waals surface area contributed by atoms with Crippen LogP contribution in [0.25, 0.3) is 11.0 Å². The lowest BCUT2D eigenvalue weighted by molar-refractivity contribution is -0.121. The molecule has 3 rings (SSSR count). The van der Waals surface area contributed by atoms with Crippen molar-refractivity contribution in [1.82, 2.24) is 5.32 Å². The van der Waals surface area contributed by atoms with Gasteiger partial charge in [-0.2, -0.15) is 0 Å². The molecule has 0 aliphatic heterocycles. The van der Waals surface area contributed by atoms with Gasteiger partial charge in [0.05, 0.1) is 18.7 Å². The summed E-state index contributed by atoms with van der Waals surface area (Å²) < 4.78 is 18.6. The van der Waals surface area contributed by atoms with Gasteiger partial charge in [-0.1, -0.05) is 24.3 Å². The number of hydrogen-bond acceptors (Lipinski definition) is 2. The molecule has 4 heteroatoms. The summed E-state index contributed by atoms with van der Waals surface area (Å²) in [6.45, 7) is 5.93. The summed E-state index contributed by atoms with van der Waals surface area (Å²) >= 11 is 0. The lowest BCUT2D eigenvalue weighted by Gasteiger charge is -2.14. The molecule has 124 valence electrons. The molecule has 24 heavy (non-hydrogen) atoms. The summed E-state index contributed by atoms with van der Waals surface area (Å²) in [5.74, 6) is -0.374. The minimum atomic E-state index is -0.284. The second-order valence-corrected chi connectivity index (χ2v) is 6.16. The average Bonchev–Trinajstić information content (AvgIpc) is 2.95. The maximum Gasteiger partial charge on any atom is 0.225 e. The van der Waals surface area contributed by atoms with Gasteiger partial charge in [0, 0.05) is 10.9 Å². The number of amides is 1. The topological polar surface area (TPSA) is 42.2 Å². The Balaban J connectivity index is 1.73. The molecular weight excluding hydrogens is 305 g/mol. The van der Waals surface area contributed by atoms with E-state index in [1.54, 1.807) is 18.4 Å². The molecule has 0 saturated carbocycles. The molecule has 1 amide bonds. The fourth-order valence-corrected chi connectivity index (χ4v) is 2.83. The Morgan fingerprint density at radius 3 is 2.58 bits per heavy atom. The lowest BCUT2D eigenvalue weighted by atomic mass is 10.0. The molecule has 1 atom stereocenters. The van der Waals surface area contributed by atoms with E-state index in [0.717, 1.165) is 33.2 Å². The third kappa shape index (κ3) is 3.18. The first-order valence-corrected chi connectivity index (χ1v) is 7.97. The molecule has 0 spiro atoms. The highest BCUT2D eigenvalue weighted by molar-refractivity contribution is 5.89. The first-order valence-electron chi connectivity index (χ1n) is 7.97. The third-order valence-corrected chi connectivity index (χ3v) is 4.44. The molecule has 0 aliphatic rings. The van der Waals surface area contributed by atoms with Crippen molar-refractivity contribution in [3.05, 3.63) is 70.7 Å². The van der Waals surface area contributed by atoms with Crippen LogP contribution in [-0.2, 0) is 11.2 Å². The molecule has 0 fully saturated rings. The predicted molar refractivity (Wildman–Crippen MR) is 92.3 cm³/mol. The van der Waals surface area contributed by atoms with Gasteiger partial charge in [0.2, 0.25) is 5.91 Å². The Hall–Kier alpha value is -2.62. The van der Waals surface area contributed by atoms with Crippen LogP contribution in [0.5, 0.6) is 0 Å². The van der Waals surface area contributed by atoms with Crippen molar-refractivity contribution in [1.29, 1.82) is 0 Å². The van der Waals surface area contributed by atoms with Gasteiger partial charge in [-0.3, -0.25) is 4.79 Å². The van der Waals surface area contributed by atoms with E-state index in [2.05, 4.69) is 5.32 Å². The minimum Gasteiger partial charge on any atom is -0.464 e. The van der Waals surface area contributed by atoms with Crippen molar-refractivity contribution in [2.45, 2.75) is 33.2 Å². The summed E-state index contributed by atoms with van der Waals surface area (Å²) in [6, 6.07) is 10.0. The van der Waals surface area contributed by atoms with E-state index in [9.17, 15) is 9.18 Å². The lowest BCUT2D eigenvalue weighted by Crippen LogP contribution is -2.28. The summed E-state index contributed by atoms with van der Waals surface area (Å²) in [6.07, 6.45) is 1.90. The van der Waals surface area contributed by atoms with Crippen LogP contribution in [0.1, 0.15) is 35.2 Å². The predicted octanol–water partition coefficient (Wildman–Crippen LogP) is 4.61. The van der Waals surface area contributed by atoms with Crippen molar-refractivity contribution in [2.24, 2.45) is 0 Å². The number of furan rings is 1. The van der Waals surface area contributed by atoms with Crippen LogP contribution in [0.2, 0.25) is 0 Å². The van der Waals surface area contributed by atoms with E-state index in [1.165, 1.54) is 12.1 Å². The number of aryl methyl sites for hydroxylation is 2. The first kappa shape index (κ1) is 16.2. The maximum atomic E-state index is 13.0. The zero-order valence-electron chi connectivity index (χ0n) is 14.0. The van der Waals surface area contributed by atoms with Crippen molar-refractivity contribution >= 4 is 16.9 Å². The smallest absolute Gasteiger partial charge is 0.225 e. The Labute approximate surface area is 140 Å². The highest BCUT2D eigenvalue weighted by Gasteiger charge is 2.15. The Kier molecular flexibility index (Phi) is 4.38. The SMILES string of the molecule is Cc1ccc2c(CC(=O)N[C@H](C)c3ccc(F)cc3)coc2c1C. The van der Waals surface area contributed by atoms with Gasteiger partial charge >= 0.3 is 0 Å². The first-order chi connectivity index (χ1) is 11.5. The van der Waals surface area contributed by atoms with Gasteiger partial charge in [0.1, 0.15) is 11.4 Å². The van der Waals surface area contributed by atoms with Crippen LogP contribution >= 0.6 is 0 Å². The van der Waals surface area contributed by atoms with Gasteiger partial charge in [0.25, 0.3) is 0 Å². The van der Waals surface area contributed by atoms with E-state index in [4.69, 9.17) is 4.42 Å². The fourth-order valence-electron chi connectivity index (χ4n) is 2.83. The normalized spacial score (nSPS) is 12.3. The number of benzene rings is 2. The summed E-state index contributed by atoms with van der Waals surface area (Å²) in [7, 11) is 0. The number of nitrogens with one attached hydrogen (secondary N) is 1. The van der Waals surface area contributed by atoms with Crippen LogP contribution in [0, 0.1) is 19.7 Å². The number of carbonyl (C=O) groups excluding carboxylic acids is 1. The van der Waals surface area contributed by atoms with Crippen molar-refractivity contribution < 1.29 is 13.6 Å². The molecule has 2 aromatic carbocycles. The summed E-state index contributed by atoms with van der Waals surface area (Å²) in [4.78, 5) is 12.3. The van der Waals surface area contributed by atoms with Gasteiger partial charge < -0.3 is 9.73 Å². The molecule has 0 aliphatic carbocycles. The number of fused-ring (bicyclic) bond motifs is 1.